The molecule has 0 aliphatic heterocycles. The Morgan fingerprint density at radius 3 is 2.88 bits per heavy atom. The summed E-state index contributed by atoms with van der Waals surface area (Å²) in [5.74, 6) is -0.308. The minimum atomic E-state index is -0.308. The van der Waals surface area contributed by atoms with Gasteiger partial charge in [0.25, 0.3) is 0 Å². The summed E-state index contributed by atoms with van der Waals surface area (Å²) in [5.41, 5.74) is 1.52. The summed E-state index contributed by atoms with van der Waals surface area (Å²) in [7, 11) is 0. The van der Waals surface area contributed by atoms with E-state index in [1.807, 2.05) is 6.92 Å². The molecule has 0 unspecified atom stereocenters. The lowest BCUT2D eigenvalue weighted by molar-refractivity contribution is 0.579. The minimum absolute atomic E-state index is 0.308. The van der Waals surface area contributed by atoms with E-state index in [-0.39, 0.29) is 5.95 Å². The number of aryl methyl sites for hydroxylation is 1. The van der Waals surface area contributed by atoms with Crippen LogP contribution in [0.1, 0.15) is 11.8 Å². The maximum absolute atomic E-state index is 12.2. The van der Waals surface area contributed by atoms with Gasteiger partial charge in [-0.1, -0.05) is 6.92 Å². The van der Waals surface area contributed by atoms with Gasteiger partial charge < -0.3 is 0 Å². The summed E-state index contributed by atoms with van der Waals surface area (Å²) in [6.45, 7) is 1.91. The molecule has 0 amide bonds. The molecule has 0 aliphatic carbocycles. The van der Waals surface area contributed by atoms with Crippen molar-refractivity contribution in [2.45, 2.75) is 13.3 Å². The Hall–Kier alpha value is -0.440. The first kappa shape index (κ1) is 5.69. The Morgan fingerprint density at radius 1 is 1.88 bits per heavy atom. The fraction of sp³-hybridized carbons (Fsp3) is 0.400. The molecule has 0 saturated carbocycles. The summed E-state index contributed by atoms with van der Waals surface area (Å²) >= 11 is 1.36. The Balaban J connectivity index is 2.92. The third kappa shape index (κ3) is 0.865. The molecule has 44 valence electrons. The van der Waals surface area contributed by atoms with Crippen molar-refractivity contribution < 1.29 is 4.39 Å². The van der Waals surface area contributed by atoms with Gasteiger partial charge in [0.2, 0.25) is 5.95 Å². The number of rotatable bonds is 1. The topological polar surface area (TPSA) is 12.9 Å². The highest BCUT2D eigenvalue weighted by Gasteiger charge is 1.99. The fourth-order valence-corrected chi connectivity index (χ4v) is 1.08. The zero-order valence-corrected chi connectivity index (χ0v) is 5.33. The van der Waals surface area contributed by atoms with E-state index >= 15 is 0 Å². The maximum Gasteiger partial charge on any atom is 0.226 e. The number of thiazole rings is 1. The molecule has 1 rings (SSSR count). The Bertz CT molecular complexity index is 173. The van der Waals surface area contributed by atoms with Crippen molar-refractivity contribution >= 4 is 11.3 Å². The van der Waals surface area contributed by atoms with Gasteiger partial charge in [0, 0.05) is 0 Å². The first-order valence-electron chi connectivity index (χ1n) is 2.42. The Morgan fingerprint density at radius 2 is 2.62 bits per heavy atom. The highest BCUT2D eigenvalue weighted by Crippen LogP contribution is 2.10. The van der Waals surface area contributed by atoms with Crippen LogP contribution < -0.4 is 0 Å². The van der Waals surface area contributed by atoms with Crippen molar-refractivity contribution in [3.8, 4) is 0 Å². The predicted octanol–water partition coefficient (Wildman–Crippen LogP) is 1.84. The monoisotopic (exact) mass is 131 g/mol. The average Bonchev–Trinajstić information content (AvgIpc) is 2.14. The van der Waals surface area contributed by atoms with E-state index < -0.39 is 0 Å². The predicted molar refractivity (Wildman–Crippen MR) is 31.4 cm³/mol. The van der Waals surface area contributed by atoms with E-state index in [0.717, 1.165) is 11.3 Å². The van der Waals surface area contributed by atoms with Crippen LogP contribution in [-0.4, -0.2) is 4.98 Å². The van der Waals surface area contributed by atoms with E-state index in [1.54, 1.807) is 0 Å². The first-order valence-corrected chi connectivity index (χ1v) is 3.30. The minimum Gasteiger partial charge on any atom is -0.216 e. The SMILES string of the molecule is CCc1scnc1F. The maximum atomic E-state index is 12.2. The molecule has 0 bridgehead atoms. The molecule has 0 atom stereocenters. The molecule has 0 aliphatic rings. The number of hydrogen-bond donors (Lipinski definition) is 0. The van der Waals surface area contributed by atoms with Gasteiger partial charge in [0.1, 0.15) is 0 Å². The van der Waals surface area contributed by atoms with Crippen molar-refractivity contribution in [3.05, 3.63) is 16.3 Å². The summed E-state index contributed by atoms with van der Waals surface area (Å²) in [4.78, 5) is 4.18. The molecule has 1 heterocycles. The van der Waals surface area contributed by atoms with Gasteiger partial charge >= 0.3 is 0 Å². The molecule has 1 nitrogen and oxygen atoms in total. The first-order chi connectivity index (χ1) is 3.84. The Kier molecular flexibility index (Phi) is 1.58. The number of hydrogen-bond acceptors (Lipinski definition) is 2. The summed E-state index contributed by atoms with van der Waals surface area (Å²) in [6.07, 6.45) is 0.747. The average molecular weight is 131 g/mol. The van der Waals surface area contributed by atoms with Crippen LogP contribution in [0.25, 0.3) is 0 Å². The van der Waals surface area contributed by atoms with Crippen molar-refractivity contribution in [1.82, 2.24) is 4.98 Å². The van der Waals surface area contributed by atoms with E-state index in [2.05, 4.69) is 4.98 Å². The van der Waals surface area contributed by atoms with Gasteiger partial charge in [-0.2, -0.15) is 4.39 Å². The fourth-order valence-electron chi connectivity index (χ4n) is 0.486. The number of nitrogens with zero attached hydrogens (tertiary/aromatic N) is 1. The molecular formula is C5H6FNS. The zero-order chi connectivity index (χ0) is 5.98. The summed E-state index contributed by atoms with van der Waals surface area (Å²) in [6, 6.07) is 0. The highest BCUT2D eigenvalue weighted by molar-refractivity contribution is 7.09. The molecule has 0 fully saturated rings. The third-order valence-electron chi connectivity index (χ3n) is 0.912. The van der Waals surface area contributed by atoms with Gasteiger partial charge in [0.15, 0.2) is 0 Å². The lowest BCUT2D eigenvalue weighted by Crippen LogP contribution is -1.77. The van der Waals surface area contributed by atoms with Crippen LogP contribution >= 0.6 is 11.3 Å². The standard InChI is InChI=1S/C5H6FNS/c1-2-4-5(6)7-3-8-4/h3H,2H2,1H3. The summed E-state index contributed by atoms with van der Waals surface area (Å²) < 4.78 is 12.2. The Labute approximate surface area is 51.2 Å². The molecule has 8 heavy (non-hydrogen) atoms. The van der Waals surface area contributed by atoms with Crippen LogP contribution in [0.4, 0.5) is 4.39 Å². The lowest BCUT2D eigenvalue weighted by atomic mass is 10.4. The molecule has 0 saturated heterocycles. The van der Waals surface area contributed by atoms with Gasteiger partial charge in [-0.3, -0.25) is 0 Å². The second kappa shape index (κ2) is 2.22. The van der Waals surface area contributed by atoms with Crippen LogP contribution in [0.5, 0.6) is 0 Å². The molecule has 0 radical (unpaired) electrons. The zero-order valence-electron chi connectivity index (χ0n) is 4.52. The van der Waals surface area contributed by atoms with Crippen molar-refractivity contribution in [2.24, 2.45) is 0 Å². The molecule has 1 aromatic rings. The third-order valence-corrected chi connectivity index (χ3v) is 1.86. The van der Waals surface area contributed by atoms with Crippen LogP contribution in [0, 0.1) is 5.95 Å². The second-order valence-corrected chi connectivity index (χ2v) is 2.36. The second-order valence-electron chi connectivity index (χ2n) is 1.42. The van der Waals surface area contributed by atoms with E-state index in [4.69, 9.17) is 0 Å². The van der Waals surface area contributed by atoms with Crippen LogP contribution in [0.2, 0.25) is 0 Å². The number of halogens is 1. The van der Waals surface area contributed by atoms with Gasteiger partial charge in [0.05, 0.1) is 10.4 Å². The molecule has 0 aromatic carbocycles. The lowest BCUT2D eigenvalue weighted by Gasteiger charge is -1.81. The molecule has 0 spiro atoms. The van der Waals surface area contributed by atoms with Crippen LogP contribution in [0.15, 0.2) is 5.51 Å². The largest absolute Gasteiger partial charge is 0.226 e. The van der Waals surface area contributed by atoms with Crippen LogP contribution in [0.3, 0.4) is 0 Å². The highest BCUT2D eigenvalue weighted by atomic mass is 32.1. The van der Waals surface area contributed by atoms with Crippen molar-refractivity contribution in [2.75, 3.05) is 0 Å². The molecule has 0 N–H and O–H groups in total. The van der Waals surface area contributed by atoms with Gasteiger partial charge in [-0.15, -0.1) is 11.3 Å². The quantitative estimate of drug-likeness (QED) is 0.566. The van der Waals surface area contributed by atoms with Crippen molar-refractivity contribution in [3.63, 3.8) is 0 Å². The van der Waals surface area contributed by atoms with Crippen LogP contribution in [-0.2, 0) is 6.42 Å². The molecule has 3 heteroatoms. The number of aromatic nitrogens is 1. The molecule has 1 aromatic heterocycles. The summed E-state index contributed by atoms with van der Waals surface area (Å²) in [5, 5.41) is 0. The normalized spacial score (nSPS) is 9.75. The smallest absolute Gasteiger partial charge is 0.216 e. The van der Waals surface area contributed by atoms with Crippen molar-refractivity contribution in [1.29, 1.82) is 0 Å². The van der Waals surface area contributed by atoms with E-state index in [0.29, 0.717) is 0 Å². The molecular weight excluding hydrogens is 125 g/mol. The van der Waals surface area contributed by atoms with Gasteiger partial charge in [-0.25, -0.2) is 4.98 Å². The van der Waals surface area contributed by atoms with Gasteiger partial charge in [-0.05, 0) is 6.42 Å². The van der Waals surface area contributed by atoms with E-state index in [1.165, 1.54) is 16.8 Å². The van der Waals surface area contributed by atoms with E-state index in [9.17, 15) is 4.39 Å².